The Morgan fingerprint density at radius 2 is 1.83 bits per heavy atom. The van der Waals surface area contributed by atoms with Crippen molar-refractivity contribution in [2.24, 2.45) is 0 Å². The van der Waals surface area contributed by atoms with Crippen molar-refractivity contribution in [2.75, 3.05) is 19.8 Å². The van der Waals surface area contributed by atoms with Crippen LogP contribution in [0.2, 0.25) is 0 Å². The van der Waals surface area contributed by atoms with Crippen LogP contribution in [0.15, 0.2) is 60.8 Å². The van der Waals surface area contributed by atoms with E-state index in [9.17, 15) is 14.0 Å². The molecule has 0 saturated carbocycles. The molecular weight excluding hydrogens is 389 g/mol. The van der Waals surface area contributed by atoms with E-state index in [1.165, 1.54) is 23.0 Å². The predicted molar refractivity (Wildman–Crippen MR) is 108 cm³/mol. The number of amides is 1. The SMILES string of the molecule is CCOC(=O)c1nn(-c2ccccc2)cc1OCC(=O)NCCc1ccc(F)cc1. The minimum Gasteiger partial charge on any atom is -0.480 e. The Balaban J connectivity index is 1.60. The zero-order chi connectivity index (χ0) is 21.3. The van der Waals surface area contributed by atoms with E-state index in [2.05, 4.69) is 10.4 Å². The first kappa shape index (κ1) is 21.0. The average molecular weight is 411 g/mol. The van der Waals surface area contributed by atoms with Gasteiger partial charge in [-0.25, -0.2) is 13.9 Å². The third kappa shape index (κ3) is 5.66. The molecule has 0 saturated heterocycles. The minimum atomic E-state index is -0.626. The smallest absolute Gasteiger partial charge is 0.362 e. The van der Waals surface area contributed by atoms with E-state index in [1.807, 2.05) is 30.3 Å². The molecule has 0 unspecified atom stereocenters. The fourth-order valence-electron chi connectivity index (χ4n) is 2.71. The Bertz CT molecular complexity index is 987. The first-order valence-corrected chi connectivity index (χ1v) is 9.53. The number of ether oxygens (including phenoxy) is 2. The van der Waals surface area contributed by atoms with Crippen molar-refractivity contribution < 1.29 is 23.5 Å². The Kier molecular flexibility index (Phi) is 7.15. The highest BCUT2D eigenvalue weighted by Gasteiger charge is 2.21. The zero-order valence-electron chi connectivity index (χ0n) is 16.5. The summed E-state index contributed by atoms with van der Waals surface area (Å²) in [4.78, 5) is 24.3. The lowest BCUT2D eigenvalue weighted by Gasteiger charge is -2.07. The lowest BCUT2D eigenvalue weighted by atomic mass is 10.1. The summed E-state index contributed by atoms with van der Waals surface area (Å²) in [5.41, 5.74) is 1.65. The molecule has 0 aliphatic carbocycles. The highest BCUT2D eigenvalue weighted by atomic mass is 19.1. The van der Waals surface area contributed by atoms with Crippen LogP contribution in [0.3, 0.4) is 0 Å². The Hall–Kier alpha value is -3.68. The second-order valence-corrected chi connectivity index (χ2v) is 6.36. The number of benzene rings is 2. The third-order valence-corrected chi connectivity index (χ3v) is 4.18. The monoisotopic (exact) mass is 411 g/mol. The second kappa shape index (κ2) is 10.2. The van der Waals surface area contributed by atoms with Crippen LogP contribution < -0.4 is 10.1 Å². The van der Waals surface area contributed by atoms with Gasteiger partial charge in [0.2, 0.25) is 5.69 Å². The second-order valence-electron chi connectivity index (χ2n) is 6.36. The number of rotatable bonds is 9. The van der Waals surface area contributed by atoms with Crippen LogP contribution in [-0.4, -0.2) is 41.4 Å². The molecule has 30 heavy (non-hydrogen) atoms. The number of nitrogens with one attached hydrogen (secondary N) is 1. The molecule has 1 N–H and O–H groups in total. The summed E-state index contributed by atoms with van der Waals surface area (Å²) in [7, 11) is 0. The summed E-state index contributed by atoms with van der Waals surface area (Å²) in [5, 5.41) is 6.97. The molecular formula is C22H22FN3O4. The molecule has 0 atom stereocenters. The van der Waals surface area contributed by atoms with Crippen molar-refractivity contribution in [1.82, 2.24) is 15.1 Å². The van der Waals surface area contributed by atoms with E-state index in [0.717, 1.165) is 11.3 Å². The van der Waals surface area contributed by atoms with E-state index >= 15 is 0 Å². The van der Waals surface area contributed by atoms with Gasteiger partial charge in [-0.05, 0) is 43.2 Å². The Labute approximate surface area is 173 Å². The van der Waals surface area contributed by atoms with Gasteiger partial charge in [0, 0.05) is 6.54 Å². The number of halogens is 1. The number of hydrogen-bond donors (Lipinski definition) is 1. The van der Waals surface area contributed by atoms with Crippen LogP contribution in [-0.2, 0) is 16.0 Å². The standard InChI is InChI=1S/C22H22FN3O4/c1-2-29-22(28)21-19(14-26(25-21)18-6-4-3-5-7-18)30-15-20(27)24-13-12-16-8-10-17(23)11-9-16/h3-11,14H,2,12-13,15H2,1H3,(H,24,27). The highest BCUT2D eigenvalue weighted by Crippen LogP contribution is 2.21. The topological polar surface area (TPSA) is 82.4 Å². The molecule has 7 nitrogen and oxygen atoms in total. The maximum Gasteiger partial charge on any atom is 0.362 e. The summed E-state index contributed by atoms with van der Waals surface area (Å²) >= 11 is 0. The van der Waals surface area contributed by atoms with E-state index in [1.54, 1.807) is 19.1 Å². The molecule has 8 heteroatoms. The molecule has 3 aromatic rings. The highest BCUT2D eigenvalue weighted by molar-refractivity contribution is 5.90. The molecule has 0 fully saturated rings. The molecule has 1 aromatic heterocycles. The van der Waals surface area contributed by atoms with Gasteiger partial charge < -0.3 is 14.8 Å². The van der Waals surface area contributed by atoms with E-state index in [-0.39, 0.29) is 36.4 Å². The average Bonchev–Trinajstić information content (AvgIpc) is 3.19. The quantitative estimate of drug-likeness (QED) is 0.548. The number of hydrogen-bond acceptors (Lipinski definition) is 5. The van der Waals surface area contributed by atoms with Gasteiger partial charge in [-0.1, -0.05) is 30.3 Å². The fourth-order valence-corrected chi connectivity index (χ4v) is 2.71. The van der Waals surface area contributed by atoms with Crippen LogP contribution >= 0.6 is 0 Å². The van der Waals surface area contributed by atoms with Crippen LogP contribution in [0.4, 0.5) is 4.39 Å². The van der Waals surface area contributed by atoms with Crippen molar-refractivity contribution in [3.63, 3.8) is 0 Å². The summed E-state index contributed by atoms with van der Waals surface area (Å²) in [6.07, 6.45) is 2.10. The van der Waals surface area contributed by atoms with Gasteiger partial charge in [0.1, 0.15) is 5.82 Å². The van der Waals surface area contributed by atoms with Crippen molar-refractivity contribution in [3.05, 3.63) is 77.9 Å². The lowest BCUT2D eigenvalue weighted by Crippen LogP contribution is -2.30. The van der Waals surface area contributed by atoms with Crippen molar-refractivity contribution in [3.8, 4) is 11.4 Å². The van der Waals surface area contributed by atoms with Crippen molar-refractivity contribution in [1.29, 1.82) is 0 Å². The van der Waals surface area contributed by atoms with Crippen molar-refractivity contribution >= 4 is 11.9 Å². The number of aromatic nitrogens is 2. The zero-order valence-corrected chi connectivity index (χ0v) is 16.5. The van der Waals surface area contributed by atoms with Gasteiger partial charge in [0.05, 0.1) is 18.5 Å². The lowest BCUT2D eigenvalue weighted by molar-refractivity contribution is -0.123. The molecule has 0 aliphatic heterocycles. The van der Waals surface area contributed by atoms with E-state index in [4.69, 9.17) is 9.47 Å². The maximum absolute atomic E-state index is 12.9. The number of nitrogens with zero attached hydrogens (tertiary/aromatic N) is 2. The number of carbonyl (C=O) groups is 2. The molecule has 2 aromatic carbocycles. The molecule has 0 bridgehead atoms. The molecule has 0 aliphatic rings. The van der Waals surface area contributed by atoms with Crippen LogP contribution in [0.25, 0.3) is 5.69 Å². The van der Waals surface area contributed by atoms with E-state index in [0.29, 0.717) is 13.0 Å². The maximum atomic E-state index is 12.9. The van der Waals surface area contributed by atoms with Gasteiger partial charge in [-0.15, -0.1) is 0 Å². The van der Waals surface area contributed by atoms with Crippen LogP contribution in [0.5, 0.6) is 5.75 Å². The summed E-state index contributed by atoms with van der Waals surface area (Å²) in [6, 6.07) is 15.3. The number of esters is 1. The first-order valence-electron chi connectivity index (χ1n) is 9.53. The van der Waals surface area contributed by atoms with Gasteiger partial charge in [0.25, 0.3) is 5.91 Å². The molecule has 156 valence electrons. The van der Waals surface area contributed by atoms with Crippen LogP contribution in [0, 0.1) is 5.82 Å². The first-order chi connectivity index (χ1) is 14.6. The van der Waals surface area contributed by atoms with E-state index < -0.39 is 5.97 Å². The number of para-hydroxylation sites is 1. The fraction of sp³-hybridized carbons (Fsp3) is 0.227. The largest absolute Gasteiger partial charge is 0.480 e. The Morgan fingerprint density at radius 1 is 1.10 bits per heavy atom. The van der Waals surface area contributed by atoms with Gasteiger partial charge >= 0.3 is 5.97 Å². The molecule has 3 rings (SSSR count). The van der Waals surface area contributed by atoms with Gasteiger partial charge in [-0.3, -0.25) is 4.79 Å². The summed E-state index contributed by atoms with van der Waals surface area (Å²) in [5.74, 6) is -1.12. The van der Waals surface area contributed by atoms with Crippen LogP contribution in [0.1, 0.15) is 23.0 Å². The molecule has 1 heterocycles. The molecule has 0 radical (unpaired) electrons. The molecule has 1 amide bonds. The number of carbonyl (C=O) groups excluding carboxylic acids is 2. The summed E-state index contributed by atoms with van der Waals surface area (Å²) < 4.78 is 25.0. The summed E-state index contributed by atoms with van der Waals surface area (Å²) in [6.45, 7) is 1.99. The minimum absolute atomic E-state index is 0.000171. The Morgan fingerprint density at radius 3 is 2.53 bits per heavy atom. The van der Waals surface area contributed by atoms with Gasteiger partial charge in [0.15, 0.2) is 12.4 Å². The van der Waals surface area contributed by atoms with Crippen molar-refractivity contribution in [2.45, 2.75) is 13.3 Å². The normalized spacial score (nSPS) is 10.5. The third-order valence-electron chi connectivity index (χ3n) is 4.18. The predicted octanol–water partition coefficient (Wildman–Crippen LogP) is 2.93. The molecule has 0 spiro atoms. The van der Waals surface area contributed by atoms with Gasteiger partial charge in [-0.2, -0.15) is 5.10 Å².